The Bertz CT molecular complexity index is 573. The zero-order valence-corrected chi connectivity index (χ0v) is 12.7. The van der Waals surface area contributed by atoms with Gasteiger partial charge in [0.2, 0.25) is 0 Å². The topological polar surface area (TPSA) is 12.0 Å². The summed E-state index contributed by atoms with van der Waals surface area (Å²) in [7, 11) is 0. The molecule has 0 fully saturated rings. The molecule has 0 aromatic heterocycles. The van der Waals surface area contributed by atoms with Gasteiger partial charge in [0.05, 0.1) is 0 Å². The van der Waals surface area contributed by atoms with Crippen LogP contribution in [0.1, 0.15) is 35.2 Å². The van der Waals surface area contributed by atoms with Gasteiger partial charge >= 0.3 is 0 Å². The minimum Gasteiger partial charge on any atom is -0.379 e. The first-order chi connectivity index (χ1) is 8.97. The highest BCUT2D eigenvalue weighted by Crippen LogP contribution is 2.25. The molecule has 0 amide bonds. The van der Waals surface area contributed by atoms with Gasteiger partial charge in [0.15, 0.2) is 0 Å². The number of halogens is 1. The molecule has 0 saturated carbocycles. The third-order valence-electron chi connectivity index (χ3n) is 3.58. The smallest absolute Gasteiger partial charge is 0.0488 e. The number of nitrogens with one attached hydrogen (secondary N) is 1. The van der Waals surface area contributed by atoms with Gasteiger partial charge in [-0.1, -0.05) is 23.7 Å². The summed E-state index contributed by atoms with van der Waals surface area (Å²) >= 11 is 5.90. The van der Waals surface area contributed by atoms with Crippen molar-refractivity contribution < 1.29 is 0 Å². The third kappa shape index (κ3) is 3.30. The molecule has 0 aliphatic heterocycles. The number of benzene rings is 2. The standard InChI is InChI=1S/C17H20ClN/c1-11-9-13(3)17(10-12(11)2)14(4)19-16-7-5-15(18)6-8-16/h5-10,14,19H,1-4H3. The summed E-state index contributed by atoms with van der Waals surface area (Å²) in [5.74, 6) is 0. The number of aryl methyl sites for hydroxylation is 3. The zero-order valence-electron chi connectivity index (χ0n) is 11.9. The van der Waals surface area contributed by atoms with Crippen molar-refractivity contribution in [2.75, 3.05) is 5.32 Å². The van der Waals surface area contributed by atoms with Crippen LogP contribution in [0.25, 0.3) is 0 Å². The van der Waals surface area contributed by atoms with E-state index in [0.29, 0.717) is 0 Å². The van der Waals surface area contributed by atoms with Crippen LogP contribution in [0.3, 0.4) is 0 Å². The van der Waals surface area contributed by atoms with Gasteiger partial charge in [0.25, 0.3) is 0 Å². The number of hydrogen-bond acceptors (Lipinski definition) is 1. The molecule has 2 aromatic carbocycles. The average molecular weight is 274 g/mol. The second kappa shape index (κ2) is 5.66. The van der Waals surface area contributed by atoms with Crippen molar-refractivity contribution in [1.82, 2.24) is 0 Å². The predicted molar refractivity (Wildman–Crippen MR) is 84.1 cm³/mol. The highest BCUT2D eigenvalue weighted by Gasteiger charge is 2.10. The Morgan fingerprint density at radius 2 is 1.47 bits per heavy atom. The Labute approximate surface area is 120 Å². The number of anilines is 1. The normalized spacial score (nSPS) is 12.3. The van der Waals surface area contributed by atoms with Gasteiger partial charge in [-0.05, 0) is 74.2 Å². The summed E-state index contributed by atoms with van der Waals surface area (Å²) in [6.45, 7) is 8.67. The molecular formula is C17H20ClN. The van der Waals surface area contributed by atoms with E-state index in [0.717, 1.165) is 10.7 Å². The Balaban J connectivity index is 2.22. The molecule has 1 unspecified atom stereocenters. The highest BCUT2D eigenvalue weighted by atomic mass is 35.5. The molecule has 100 valence electrons. The lowest BCUT2D eigenvalue weighted by Crippen LogP contribution is -2.08. The number of hydrogen-bond donors (Lipinski definition) is 1. The lowest BCUT2D eigenvalue weighted by molar-refractivity contribution is 0.870. The minimum absolute atomic E-state index is 0.278. The highest BCUT2D eigenvalue weighted by molar-refractivity contribution is 6.30. The van der Waals surface area contributed by atoms with Crippen molar-refractivity contribution in [3.8, 4) is 0 Å². The molecule has 0 bridgehead atoms. The molecule has 1 atom stereocenters. The fourth-order valence-electron chi connectivity index (χ4n) is 2.32. The second-order valence-electron chi connectivity index (χ2n) is 5.17. The third-order valence-corrected chi connectivity index (χ3v) is 3.83. The summed E-state index contributed by atoms with van der Waals surface area (Å²) in [5.41, 5.74) is 6.45. The fraction of sp³-hybridized carbons (Fsp3) is 0.294. The lowest BCUT2D eigenvalue weighted by atomic mass is 9.96. The Kier molecular flexibility index (Phi) is 4.16. The summed E-state index contributed by atoms with van der Waals surface area (Å²) in [6.07, 6.45) is 0. The van der Waals surface area contributed by atoms with Gasteiger partial charge in [-0.2, -0.15) is 0 Å². The van der Waals surface area contributed by atoms with Gasteiger partial charge < -0.3 is 5.32 Å². The molecule has 1 nitrogen and oxygen atoms in total. The van der Waals surface area contributed by atoms with E-state index in [2.05, 4.69) is 45.1 Å². The molecule has 0 aliphatic rings. The van der Waals surface area contributed by atoms with E-state index in [4.69, 9.17) is 11.6 Å². The fourth-order valence-corrected chi connectivity index (χ4v) is 2.45. The van der Waals surface area contributed by atoms with Crippen molar-refractivity contribution in [3.63, 3.8) is 0 Å². The first-order valence-corrected chi connectivity index (χ1v) is 6.95. The first-order valence-electron chi connectivity index (χ1n) is 6.57. The van der Waals surface area contributed by atoms with Gasteiger partial charge in [0.1, 0.15) is 0 Å². The number of rotatable bonds is 3. The van der Waals surface area contributed by atoms with E-state index in [1.54, 1.807) is 0 Å². The van der Waals surface area contributed by atoms with Gasteiger partial charge in [0, 0.05) is 16.8 Å². The molecule has 0 radical (unpaired) electrons. The van der Waals surface area contributed by atoms with Crippen LogP contribution < -0.4 is 5.32 Å². The van der Waals surface area contributed by atoms with E-state index in [1.165, 1.54) is 22.3 Å². The quantitative estimate of drug-likeness (QED) is 0.785. The lowest BCUT2D eigenvalue weighted by Gasteiger charge is -2.19. The zero-order chi connectivity index (χ0) is 14.0. The molecule has 2 rings (SSSR count). The van der Waals surface area contributed by atoms with E-state index < -0.39 is 0 Å². The van der Waals surface area contributed by atoms with Crippen molar-refractivity contribution in [2.45, 2.75) is 33.7 Å². The van der Waals surface area contributed by atoms with E-state index in [1.807, 2.05) is 24.3 Å². The molecule has 0 saturated heterocycles. The summed E-state index contributed by atoms with van der Waals surface area (Å²) in [5, 5.41) is 4.28. The second-order valence-corrected chi connectivity index (χ2v) is 5.60. The first kappa shape index (κ1) is 14.0. The van der Waals surface area contributed by atoms with E-state index in [9.17, 15) is 0 Å². The maximum absolute atomic E-state index is 5.90. The van der Waals surface area contributed by atoms with Crippen LogP contribution >= 0.6 is 11.6 Å². The molecule has 2 aromatic rings. The van der Waals surface area contributed by atoms with E-state index >= 15 is 0 Å². The molecule has 0 spiro atoms. The summed E-state index contributed by atoms with van der Waals surface area (Å²) in [6, 6.07) is 12.6. The Hall–Kier alpha value is -1.47. The van der Waals surface area contributed by atoms with Crippen molar-refractivity contribution >= 4 is 17.3 Å². The molecule has 0 aliphatic carbocycles. The maximum Gasteiger partial charge on any atom is 0.0488 e. The van der Waals surface area contributed by atoms with Crippen LogP contribution in [0.5, 0.6) is 0 Å². The largest absolute Gasteiger partial charge is 0.379 e. The van der Waals surface area contributed by atoms with Crippen LogP contribution in [0.15, 0.2) is 36.4 Å². The SMILES string of the molecule is Cc1cc(C)c(C(C)Nc2ccc(Cl)cc2)cc1C. The van der Waals surface area contributed by atoms with Gasteiger partial charge in [-0.25, -0.2) is 0 Å². The van der Waals surface area contributed by atoms with Crippen molar-refractivity contribution in [2.24, 2.45) is 0 Å². The Morgan fingerprint density at radius 3 is 2.11 bits per heavy atom. The predicted octanol–water partition coefficient (Wildman–Crippen LogP) is 5.44. The Morgan fingerprint density at radius 1 is 0.895 bits per heavy atom. The van der Waals surface area contributed by atoms with Crippen molar-refractivity contribution in [1.29, 1.82) is 0 Å². The van der Waals surface area contributed by atoms with Crippen LogP contribution in [0, 0.1) is 20.8 Å². The van der Waals surface area contributed by atoms with Crippen LogP contribution in [0.2, 0.25) is 5.02 Å². The molecule has 1 N–H and O–H groups in total. The van der Waals surface area contributed by atoms with Crippen LogP contribution in [-0.2, 0) is 0 Å². The summed E-state index contributed by atoms with van der Waals surface area (Å²) < 4.78 is 0. The molecular weight excluding hydrogens is 254 g/mol. The monoisotopic (exact) mass is 273 g/mol. The molecule has 19 heavy (non-hydrogen) atoms. The molecule has 0 heterocycles. The maximum atomic E-state index is 5.90. The summed E-state index contributed by atoms with van der Waals surface area (Å²) in [4.78, 5) is 0. The van der Waals surface area contributed by atoms with Gasteiger partial charge in [-0.15, -0.1) is 0 Å². The van der Waals surface area contributed by atoms with Crippen LogP contribution in [0.4, 0.5) is 5.69 Å². The minimum atomic E-state index is 0.278. The van der Waals surface area contributed by atoms with E-state index in [-0.39, 0.29) is 6.04 Å². The van der Waals surface area contributed by atoms with Crippen LogP contribution in [-0.4, -0.2) is 0 Å². The average Bonchev–Trinajstić information content (AvgIpc) is 2.36. The molecule has 2 heteroatoms. The van der Waals surface area contributed by atoms with Gasteiger partial charge in [-0.3, -0.25) is 0 Å². The van der Waals surface area contributed by atoms with Crippen molar-refractivity contribution in [3.05, 3.63) is 63.7 Å².